The second kappa shape index (κ2) is 20.2. The molecule has 2 atom stereocenters. The molecule has 0 saturated carbocycles. The van der Waals surface area contributed by atoms with Crippen LogP contribution in [0.1, 0.15) is 123 Å². The molecule has 4 nitrogen and oxygen atoms in total. The summed E-state index contributed by atoms with van der Waals surface area (Å²) in [5, 5.41) is 8.52. The van der Waals surface area contributed by atoms with Gasteiger partial charge in [0.1, 0.15) is 0 Å². The molecule has 0 aliphatic heterocycles. The molecule has 0 saturated heterocycles. The first-order valence-electron chi connectivity index (χ1n) is 11.0. The molecule has 1 N–H and O–H groups in total. The van der Waals surface area contributed by atoms with E-state index in [1.807, 2.05) is 13.8 Å². The van der Waals surface area contributed by atoms with Crippen LogP contribution in [0.4, 0.5) is 0 Å². The van der Waals surface area contributed by atoms with E-state index in [4.69, 9.17) is 0 Å². The van der Waals surface area contributed by atoms with Crippen LogP contribution in [0.25, 0.3) is 0 Å². The maximum absolute atomic E-state index is 11.1. The average molecular weight is 415 g/mol. The van der Waals surface area contributed by atoms with Crippen molar-refractivity contribution in [3.8, 4) is 0 Å². The van der Waals surface area contributed by atoms with Gasteiger partial charge in [-0.2, -0.15) is 0 Å². The summed E-state index contributed by atoms with van der Waals surface area (Å²) >= 11 is 0. The molecule has 27 heavy (non-hydrogen) atoms. The van der Waals surface area contributed by atoms with Gasteiger partial charge in [-0.15, -0.1) is 0 Å². The molecule has 0 aromatic rings. The van der Waals surface area contributed by atoms with Crippen LogP contribution in [0.15, 0.2) is 0 Å². The van der Waals surface area contributed by atoms with Crippen LogP contribution in [-0.4, -0.2) is 29.4 Å². The molecule has 6 heteroatoms. The maximum atomic E-state index is 11.1. The fourth-order valence-electron chi connectivity index (χ4n) is 3.51. The van der Waals surface area contributed by atoms with Crippen LogP contribution in [-0.2, 0) is 10.1 Å². The summed E-state index contributed by atoms with van der Waals surface area (Å²) in [6.45, 7) is 3.79. The van der Waals surface area contributed by atoms with Crippen molar-refractivity contribution in [3.63, 3.8) is 0 Å². The molecule has 0 amide bonds. The first-order valence-corrected chi connectivity index (χ1v) is 12.5. The maximum Gasteiger partial charge on any atom is 1.00 e. The Balaban J connectivity index is 0. The molecule has 0 aliphatic rings. The van der Waals surface area contributed by atoms with Crippen molar-refractivity contribution >= 4 is 10.1 Å². The summed E-state index contributed by atoms with van der Waals surface area (Å²) in [4.78, 5) is 0. The molecule has 0 spiro atoms. The number of aliphatic hydroxyl groups is 1. The van der Waals surface area contributed by atoms with Crippen LogP contribution in [0.5, 0.6) is 0 Å². The van der Waals surface area contributed by atoms with Crippen molar-refractivity contribution in [2.24, 2.45) is 0 Å². The molecule has 0 heterocycles. The van der Waals surface area contributed by atoms with E-state index in [-0.39, 0.29) is 35.7 Å². The third kappa shape index (κ3) is 21.4. The van der Waals surface area contributed by atoms with Gasteiger partial charge in [0.25, 0.3) is 0 Å². The number of unbranched alkanes of at least 4 members (excludes halogenated alkanes) is 12. The quantitative estimate of drug-likeness (QED) is 0.200. The first-order chi connectivity index (χ1) is 12.4. The van der Waals surface area contributed by atoms with Gasteiger partial charge in [-0.05, 0) is 26.2 Å². The van der Waals surface area contributed by atoms with E-state index in [0.717, 1.165) is 38.5 Å². The molecular weight excluding hydrogens is 371 g/mol. The zero-order valence-electron chi connectivity index (χ0n) is 18.3. The van der Waals surface area contributed by atoms with Gasteiger partial charge in [0.15, 0.2) is 0 Å². The third-order valence-corrected chi connectivity index (χ3v) is 6.45. The van der Waals surface area contributed by atoms with Gasteiger partial charge >= 0.3 is 29.6 Å². The minimum Gasteiger partial charge on any atom is -0.748 e. The van der Waals surface area contributed by atoms with E-state index >= 15 is 0 Å². The minimum atomic E-state index is -4.11. The summed E-state index contributed by atoms with van der Waals surface area (Å²) < 4.78 is 33.4. The van der Waals surface area contributed by atoms with Crippen LogP contribution < -0.4 is 29.6 Å². The zero-order valence-corrected chi connectivity index (χ0v) is 21.1. The summed E-state index contributed by atoms with van der Waals surface area (Å²) in [7, 11) is -4.11. The standard InChI is InChI=1S/C21H44O4S.Na/c1-3-17-21(26(23,24)25)19-16-14-12-10-8-6-4-5-7-9-11-13-15-18-20(2)22;/h20-22H,3-19H2,1-2H3,(H,23,24,25);/q;+1/p-1. The topological polar surface area (TPSA) is 77.4 Å². The van der Waals surface area contributed by atoms with E-state index in [9.17, 15) is 18.1 Å². The fraction of sp³-hybridized carbons (Fsp3) is 1.00. The Labute approximate surface area is 191 Å². The molecule has 2 unspecified atom stereocenters. The van der Waals surface area contributed by atoms with E-state index in [1.165, 1.54) is 57.8 Å². The van der Waals surface area contributed by atoms with Gasteiger partial charge < -0.3 is 9.66 Å². The molecule has 0 fully saturated rings. The Hall–Kier alpha value is 0.870. The predicted molar refractivity (Wildman–Crippen MR) is 109 cm³/mol. The third-order valence-electron chi connectivity index (χ3n) is 5.17. The average Bonchev–Trinajstić information content (AvgIpc) is 2.56. The van der Waals surface area contributed by atoms with Gasteiger partial charge in [0.05, 0.1) is 16.2 Å². The van der Waals surface area contributed by atoms with E-state index in [2.05, 4.69) is 0 Å². The Bertz CT molecular complexity index is 399. The van der Waals surface area contributed by atoms with Crippen molar-refractivity contribution in [1.29, 1.82) is 0 Å². The summed E-state index contributed by atoms with van der Waals surface area (Å²) in [6, 6.07) is 0. The van der Waals surface area contributed by atoms with Crippen LogP contribution >= 0.6 is 0 Å². The Kier molecular flexibility index (Phi) is 22.4. The smallest absolute Gasteiger partial charge is 0.748 e. The van der Waals surface area contributed by atoms with E-state index in [1.54, 1.807) is 0 Å². The second-order valence-electron chi connectivity index (χ2n) is 7.93. The van der Waals surface area contributed by atoms with Gasteiger partial charge in [-0.25, -0.2) is 8.42 Å². The number of aliphatic hydroxyl groups excluding tert-OH is 1. The summed E-state index contributed by atoms with van der Waals surface area (Å²) in [6.07, 6.45) is 18.4. The Morgan fingerprint density at radius 3 is 1.33 bits per heavy atom. The predicted octanol–water partition coefficient (Wildman–Crippen LogP) is 2.94. The van der Waals surface area contributed by atoms with Gasteiger partial charge in [0.2, 0.25) is 0 Å². The summed E-state index contributed by atoms with van der Waals surface area (Å²) in [5.74, 6) is 0. The molecule has 0 aliphatic carbocycles. The number of rotatable bonds is 19. The molecule has 0 aromatic heterocycles. The summed E-state index contributed by atoms with van der Waals surface area (Å²) in [5.41, 5.74) is 0. The fourth-order valence-corrected chi connectivity index (χ4v) is 4.49. The largest absolute Gasteiger partial charge is 1.00 e. The molecule has 0 aromatic carbocycles. The van der Waals surface area contributed by atoms with E-state index < -0.39 is 15.4 Å². The van der Waals surface area contributed by atoms with Gasteiger partial charge in [-0.1, -0.05) is 96.8 Å². The van der Waals surface area contributed by atoms with Gasteiger partial charge in [-0.3, -0.25) is 0 Å². The van der Waals surface area contributed by atoms with Gasteiger partial charge in [0, 0.05) is 5.25 Å². The van der Waals surface area contributed by atoms with Crippen LogP contribution in [0.2, 0.25) is 0 Å². The Morgan fingerprint density at radius 1 is 0.704 bits per heavy atom. The zero-order chi connectivity index (χ0) is 19.7. The SMILES string of the molecule is CCCC(CCCCCCCCCCCCCCCC(C)O)S(=O)(=O)[O-].[Na+]. The second-order valence-corrected chi connectivity index (χ2v) is 9.58. The molecule has 0 bridgehead atoms. The van der Waals surface area contributed by atoms with Crippen LogP contribution in [0, 0.1) is 0 Å². The normalized spacial score (nSPS) is 13.9. The molecular formula is C21H43NaO4S. The molecule has 0 rings (SSSR count). The first kappa shape index (κ1) is 30.1. The Morgan fingerprint density at radius 2 is 1.04 bits per heavy atom. The van der Waals surface area contributed by atoms with Crippen LogP contribution in [0.3, 0.4) is 0 Å². The number of hydrogen-bond donors (Lipinski definition) is 1. The monoisotopic (exact) mass is 414 g/mol. The minimum absolute atomic E-state index is 0. The van der Waals surface area contributed by atoms with Crippen molar-refractivity contribution in [2.45, 2.75) is 134 Å². The van der Waals surface area contributed by atoms with Crippen molar-refractivity contribution in [1.82, 2.24) is 0 Å². The van der Waals surface area contributed by atoms with Crippen molar-refractivity contribution in [2.75, 3.05) is 0 Å². The van der Waals surface area contributed by atoms with Crippen molar-refractivity contribution < 1.29 is 47.6 Å². The molecule has 158 valence electrons. The molecule has 0 radical (unpaired) electrons. The number of hydrogen-bond acceptors (Lipinski definition) is 4. The van der Waals surface area contributed by atoms with Crippen molar-refractivity contribution in [3.05, 3.63) is 0 Å². The van der Waals surface area contributed by atoms with E-state index in [0.29, 0.717) is 12.8 Å².